The van der Waals surface area contributed by atoms with Crippen molar-refractivity contribution in [2.75, 3.05) is 30.2 Å². The molecule has 5 rings (SSSR count). The molecule has 1 saturated heterocycles. The average molecular weight is 511 g/mol. The van der Waals surface area contributed by atoms with Crippen molar-refractivity contribution in [2.45, 2.75) is 56.0 Å². The molecule has 0 radical (unpaired) electrons. The van der Waals surface area contributed by atoms with Gasteiger partial charge in [0.2, 0.25) is 21.8 Å². The predicted octanol–water partition coefficient (Wildman–Crippen LogP) is 1.72. The molecular formula is C27H34N4O4S. The van der Waals surface area contributed by atoms with E-state index >= 15 is 0 Å². The summed E-state index contributed by atoms with van der Waals surface area (Å²) >= 11 is 0. The van der Waals surface area contributed by atoms with E-state index in [1.54, 1.807) is 13.8 Å². The third-order valence-corrected chi connectivity index (χ3v) is 9.18. The summed E-state index contributed by atoms with van der Waals surface area (Å²) in [5.41, 5.74) is 7.45. The Kier molecular flexibility index (Phi) is 5.72. The van der Waals surface area contributed by atoms with Crippen LogP contribution in [0.2, 0.25) is 0 Å². The summed E-state index contributed by atoms with van der Waals surface area (Å²) in [6.45, 7) is 4.65. The van der Waals surface area contributed by atoms with Gasteiger partial charge in [-0.2, -0.15) is 0 Å². The lowest BCUT2D eigenvalue weighted by Gasteiger charge is -2.43. The molecule has 2 aromatic carbocycles. The van der Waals surface area contributed by atoms with E-state index in [2.05, 4.69) is 5.32 Å². The highest BCUT2D eigenvalue weighted by atomic mass is 32.2. The molecule has 0 atom stereocenters. The number of nitrogens with zero attached hydrogens (tertiary/aromatic N) is 2. The van der Waals surface area contributed by atoms with Crippen molar-refractivity contribution in [3.63, 3.8) is 0 Å². The maximum absolute atomic E-state index is 14.1. The van der Waals surface area contributed by atoms with Crippen LogP contribution in [0.25, 0.3) is 0 Å². The minimum Gasteiger partial charge on any atom is -0.341 e. The first kappa shape index (κ1) is 24.8. The van der Waals surface area contributed by atoms with Crippen molar-refractivity contribution in [2.24, 2.45) is 5.73 Å². The Morgan fingerprint density at radius 1 is 0.972 bits per heavy atom. The normalized spacial score (nSPS) is 20.2. The SMILES string of the molecule is CC(C)(N)C(=O)NC1(C(=O)N2CCC3(CC2)CN(S(C)(=O)=O)c2ccccc23)Cc2ccccc2C1. The lowest BCUT2D eigenvalue weighted by atomic mass is 9.74. The van der Waals surface area contributed by atoms with Gasteiger partial charge in [-0.3, -0.25) is 13.9 Å². The van der Waals surface area contributed by atoms with E-state index in [0.717, 1.165) is 22.4 Å². The standard InChI is InChI=1S/C27H34N4O4S/c1-25(2,28)23(32)29-27(16-19-8-4-5-9-20(19)17-27)24(33)30-14-12-26(13-15-30)18-31(36(3,34)35)22-11-7-6-10-21(22)26/h4-11H,12-18,28H2,1-3H3,(H,29,32). The number of carbonyl (C=O) groups is 2. The molecule has 9 heteroatoms. The van der Waals surface area contributed by atoms with Gasteiger partial charge >= 0.3 is 0 Å². The first-order valence-electron chi connectivity index (χ1n) is 12.4. The Hall–Kier alpha value is -2.91. The first-order valence-corrected chi connectivity index (χ1v) is 14.2. The Morgan fingerprint density at radius 2 is 1.53 bits per heavy atom. The highest BCUT2D eigenvalue weighted by molar-refractivity contribution is 7.92. The van der Waals surface area contributed by atoms with Crippen molar-refractivity contribution in [3.8, 4) is 0 Å². The van der Waals surface area contributed by atoms with Gasteiger partial charge in [0.05, 0.1) is 17.5 Å². The summed E-state index contributed by atoms with van der Waals surface area (Å²) in [4.78, 5) is 28.9. The van der Waals surface area contributed by atoms with Crippen LogP contribution in [0.3, 0.4) is 0 Å². The van der Waals surface area contributed by atoms with Crippen LogP contribution in [0, 0.1) is 0 Å². The number of nitrogens with one attached hydrogen (secondary N) is 1. The van der Waals surface area contributed by atoms with E-state index in [0.29, 0.717) is 45.3 Å². The lowest BCUT2D eigenvalue weighted by molar-refractivity contribution is -0.144. The Balaban J connectivity index is 1.40. The van der Waals surface area contributed by atoms with Gasteiger partial charge in [0.25, 0.3) is 0 Å². The molecule has 1 aliphatic carbocycles. The van der Waals surface area contributed by atoms with Gasteiger partial charge in [0, 0.05) is 37.9 Å². The molecule has 2 aliphatic heterocycles. The maximum atomic E-state index is 14.1. The molecule has 0 unspecified atom stereocenters. The Bertz CT molecular complexity index is 1300. The zero-order chi connectivity index (χ0) is 25.9. The van der Waals surface area contributed by atoms with Crippen molar-refractivity contribution in [1.82, 2.24) is 10.2 Å². The molecule has 0 aromatic heterocycles. The van der Waals surface area contributed by atoms with Crippen LogP contribution in [0.4, 0.5) is 5.69 Å². The number of anilines is 1. The molecule has 1 fully saturated rings. The van der Waals surface area contributed by atoms with Crippen LogP contribution < -0.4 is 15.4 Å². The Morgan fingerprint density at radius 3 is 2.08 bits per heavy atom. The quantitative estimate of drug-likeness (QED) is 0.650. The first-order chi connectivity index (χ1) is 16.8. The zero-order valence-electron chi connectivity index (χ0n) is 21.1. The molecule has 0 saturated carbocycles. The fourth-order valence-corrected chi connectivity index (χ4v) is 7.03. The molecule has 3 N–H and O–H groups in total. The van der Waals surface area contributed by atoms with Gasteiger partial charge in [-0.1, -0.05) is 42.5 Å². The van der Waals surface area contributed by atoms with Crippen molar-refractivity contribution >= 4 is 27.5 Å². The summed E-state index contributed by atoms with van der Waals surface area (Å²) in [7, 11) is -3.41. The molecule has 2 amide bonds. The summed E-state index contributed by atoms with van der Waals surface area (Å²) in [6.07, 6.45) is 3.40. The summed E-state index contributed by atoms with van der Waals surface area (Å²) in [6, 6.07) is 15.6. The van der Waals surface area contributed by atoms with E-state index in [9.17, 15) is 18.0 Å². The second-order valence-corrected chi connectivity index (χ2v) is 13.1. The van der Waals surface area contributed by atoms with Gasteiger partial charge in [-0.05, 0) is 49.4 Å². The number of piperidine rings is 1. The van der Waals surface area contributed by atoms with Crippen LogP contribution in [0.1, 0.15) is 43.4 Å². The highest BCUT2D eigenvalue weighted by Crippen LogP contribution is 2.48. The van der Waals surface area contributed by atoms with Crippen LogP contribution in [0.15, 0.2) is 48.5 Å². The second kappa shape index (κ2) is 8.31. The lowest BCUT2D eigenvalue weighted by Crippen LogP contribution is -2.65. The Labute approximate surface area is 212 Å². The van der Waals surface area contributed by atoms with Gasteiger partial charge in [0.15, 0.2) is 0 Å². The fourth-order valence-electron chi connectivity index (χ4n) is 6.04. The number of rotatable bonds is 4. The number of benzene rings is 2. The van der Waals surface area contributed by atoms with Gasteiger partial charge in [0.1, 0.15) is 5.54 Å². The fraction of sp³-hybridized carbons (Fsp3) is 0.481. The number of fused-ring (bicyclic) bond motifs is 3. The molecule has 8 nitrogen and oxygen atoms in total. The van der Waals surface area contributed by atoms with E-state index in [1.807, 2.05) is 53.4 Å². The van der Waals surface area contributed by atoms with E-state index in [4.69, 9.17) is 5.73 Å². The summed E-state index contributed by atoms with van der Waals surface area (Å²) in [5, 5.41) is 3.04. The number of hydrogen-bond donors (Lipinski definition) is 2. The van der Waals surface area contributed by atoms with Gasteiger partial charge in [-0.15, -0.1) is 0 Å². The number of carbonyl (C=O) groups excluding carboxylic acids is 2. The zero-order valence-corrected chi connectivity index (χ0v) is 21.9. The summed E-state index contributed by atoms with van der Waals surface area (Å²) < 4.78 is 26.5. The van der Waals surface area contributed by atoms with Crippen molar-refractivity contribution in [1.29, 1.82) is 0 Å². The van der Waals surface area contributed by atoms with Gasteiger partial charge < -0.3 is 16.0 Å². The molecule has 36 heavy (non-hydrogen) atoms. The van der Waals surface area contributed by atoms with Crippen molar-refractivity contribution in [3.05, 3.63) is 65.2 Å². The summed E-state index contributed by atoms with van der Waals surface area (Å²) in [5.74, 6) is -0.456. The highest BCUT2D eigenvalue weighted by Gasteiger charge is 2.52. The minimum atomic E-state index is -3.41. The van der Waals surface area contributed by atoms with Crippen LogP contribution in [0.5, 0.6) is 0 Å². The molecule has 1 spiro atoms. The number of para-hydroxylation sites is 1. The molecule has 2 heterocycles. The third-order valence-electron chi connectivity index (χ3n) is 8.05. The van der Waals surface area contributed by atoms with E-state index in [-0.39, 0.29) is 17.2 Å². The molecular weight excluding hydrogens is 476 g/mol. The van der Waals surface area contributed by atoms with Gasteiger partial charge in [-0.25, -0.2) is 8.42 Å². The van der Waals surface area contributed by atoms with Crippen LogP contribution in [-0.4, -0.2) is 62.1 Å². The second-order valence-electron chi connectivity index (χ2n) is 11.2. The number of amides is 2. The minimum absolute atomic E-state index is 0.0996. The monoisotopic (exact) mass is 510 g/mol. The van der Waals surface area contributed by atoms with Crippen molar-refractivity contribution < 1.29 is 18.0 Å². The van der Waals surface area contributed by atoms with Crippen LogP contribution >= 0.6 is 0 Å². The largest absolute Gasteiger partial charge is 0.341 e. The number of sulfonamides is 1. The smallest absolute Gasteiger partial charge is 0.249 e. The third kappa shape index (κ3) is 4.08. The molecule has 3 aliphatic rings. The average Bonchev–Trinajstić information content (AvgIpc) is 3.35. The van der Waals surface area contributed by atoms with E-state index in [1.165, 1.54) is 10.6 Å². The predicted molar refractivity (Wildman–Crippen MR) is 139 cm³/mol. The molecule has 2 aromatic rings. The number of likely N-dealkylation sites (tertiary alicyclic amines) is 1. The number of nitrogens with two attached hydrogens (primary N) is 1. The topological polar surface area (TPSA) is 113 Å². The maximum Gasteiger partial charge on any atom is 0.249 e. The van der Waals surface area contributed by atoms with E-state index < -0.39 is 21.1 Å². The molecule has 0 bridgehead atoms. The molecule has 192 valence electrons. The van der Waals surface area contributed by atoms with Crippen LogP contribution in [-0.2, 0) is 37.9 Å². The number of hydrogen-bond acceptors (Lipinski definition) is 5.